The van der Waals surface area contributed by atoms with Crippen LogP contribution in [-0.4, -0.2) is 58.9 Å². The van der Waals surface area contributed by atoms with E-state index in [1.54, 1.807) is 12.1 Å². The fraction of sp³-hybridized carbons (Fsp3) is 0.471. The largest absolute Gasteiger partial charge is 0.504 e. The SMILES string of the molecule is COc1cc(CCCN[C@@H](CC(=O)O)C(=O)N[C@@H](C)C(=O)O)ccc1O. The summed E-state index contributed by atoms with van der Waals surface area (Å²) in [6.45, 7) is 1.66. The number of nitrogens with one attached hydrogen (secondary N) is 2. The van der Waals surface area contributed by atoms with Gasteiger partial charge in [-0.3, -0.25) is 14.4 Å². The van der Waals surface area contributed by atoms with Crippen LogP contribution in [0, 0.1) is 0 Å². The normalized spacial score (nSPS) is 12.8. The van der Waals surface area contributed by atoms with Crippen molar-refractivity contribution in [2.24, 2.45) is 0 Å². The second kappa shape index (κ2) is 10.2. The van der Waals surface area contributed by atoms with Crippen molar-refractivity contribution < 1.29 is 34.4 Å². The van der Waals surface area contributed by atoms with Crippen molar-refractivity contribution in [2.75, 3.05) is 13.7 Å². The Morgan fingerprint density at radius 2 is 1.92 bits per heavy atom. The van der Waals surface area contributed by atoms with Crippen LogP contribution >= 0.6 is 0 Å². The van der Waals surface area contributed by atoms with Gasteiger partial charge in [0.25, 0.3) is 0 Å². The minimum atomic E-state index is -1.20. The van der Waals surface area contributed by atoms with Crippen molar-refractivity contribution >= 4 is 17.8 Å². The number of rotatable bonds is 11. The van der Waals surface area contributed by atoms with Crippen molar-refractivity contribution in [2.45, 2.75) is 38.3 Å². The first-order chi connectivity index (χ1) is 12.2. The zero-order chi connectivity index (χ0) is 19.7. The molecule has 1 rings (SSSR count). The molecule has 1 amide bonds. The summed E-state index contributed by atoms with van der Waals surface area (Å²) < 4.78 is 5.03. The van der Waals surface area contributed by atoms with Gasteiger partial charge in [-0.1, -0.05) is 6.07 Å². The number of carbonyl (C=O) groups is 3. The number of carbonyl (C=O) groups excluding carboxylic acids is 1. The number of benzene rings is 1. The van der Waals surface area contributed by atoms with E-state index in [1.807, 2.05) is 0 Å². The molecular weight excluding hydrogens is 344 g/mol. The number of phenolic OH excluding ortho intramolecular Hbond substituents is 1. The standard InChI is InChI=1S/C17H24N2O7/c1-10(17(24)25)19-16(23)12(9-15(21)22)18-7-3-4-11-5-6-13(20)14(8-11)26-2/h5-6,8,10,12,18,20H,3-4,7,9H2,1-2H3,(H,19,23)(H,21,22)(H,24,25)/t10-,12-/m0/s1. The summed E-state index contributed by atoms with van der Waals surface area (Å²) in [4.78, 5) is 33.7. The molecular formula is C17H24N2O7. The number of hydrogen-bond donors (Lipinski definition) is 5. The zero-order valence-corrected chi connectivity index (χ0v) is 14.7. The zero-order valence-electron chi connectivity index (χ0n) is 14.7. The third-order valence-electron chi connectivity index (χ3n) is 3.70. The van der Waals surface area contributed by atoms with E-state index in [4.69, 9.17) is 14.9 Å². The maximum Gasteiger partial charge on any atom is 0.325 e. The monoisotopic (exact) mass is 368 g/mol. The molecule has 0 aliphatic heterocycles. The van der Waals surface area contributed by atoms with Gasteiger partial charge in [-0.25, -0.2) is 0 Å². The predicted octanol–water partition coefficient (Wildman–Crippen LogP) is 0.356. The van der Waals surface area contributed by atoms with E-state index in [1.165, 1.54) is 20.1 Å². The van der Waals surface area contributed by atoms with Crippen LogP contribution in [0.25, 0.3) is 0 Å². The molecule has 0 spiro atoms. The first kappa shape index (κ1) is 21.2. The van der Waals surface area contributed by atoms with Crippen molar-refractivity contribution in [3.63, 3.8) is 0 Å². The summed E-state index contributed by atoms with van der Waals surface area (Å²) in [5.41, 5.74) is 0.917. The third kappa shape index (κ3) is 6.98. The maximum atomic E-state index is 12.0. The lowest BCUT2D eigenvalue weighted by atomic mass is 10.1. The fourth-order valence-corrected chi connectivity index (χ4v) is 2.25. The van der Waals surface area contributed by atoms with E-state index < -0.39 is 36.4 Å². The lowest BCUT2D eigenvalue weighted by Gasteiger charge is -2.18. The van der Waals surface area contributed by atoms with Gasteiger partial charge in [0.15, 0.2) is 11.5 Å². The molecule has 0 unspecified atom stereocenters. The van der Waals surface area contributed by atoms with Gasteiger partial charge in [-0.2, -0.15) is 0 Å². The first-order valence-electron chi connectivity index (χ1n) is 8.08. The number of aromatic hydroxyl groups is 1. The molecule has 0 aliphatic rings. The Bertz CT molecular complexity index is 648. The van der Waals surface area contributed by atoms with E-state index in [0.717, 1.165) is 5.56 Å². The molecule has 1 aromatic carbocycles. The van der Waals surface area contributed by atoms with Crippen LogP contribution < -0.4 is 15.4 Å². The number of aryl methyl sites for hydroxylation is 1. The Morgan fingerprint density at radius 1 is 1.23 bits per heavy atom. The minimum absolute atomic E-state index is 0.0418. The second-order valence-electron chi connectivity index (χ2n) is 5.78. The number of carboxylic acids is 2. The number of ether oxygens (including phenoxy) is 1. The van der Waals surface area contributed by atoms with Crippen molar-refractivity contribution in [3.8, 4) is 11.5 Å². The Labute approximate surface area is 151 Å². The van der Waals surface area contributed by atoms with Gasteiger partial charge in [0.1, 0.15) is 6.04 Å². The van der Waals surface area contributed by atoms with Gasteiger partial charge in [-0.05, 0) is 44.0 Å². The van der Waals surface area contributed by atoms with Crippen LogP contribution in [0.2, 0.25) is 0 Å². The molecule has 0 radical (unpaired) electrons. The van der Waals surface area contributed by atoms with Crippen molar-refractivity contribution in [1.82, 2.24) is 10.6 Å². The summed E-state index contributed by atoms with van der Waals surface area (Å²) in [6.07, 6.45) is 0.771. The number of phenols is 1. The van der Waals surface area contributed by atoms with Gasteiger partial charge in [0, 0.05) is 0 Å². The Kier molecular flexibility index (Phi) is 8.36. The minimum Gasteiger partial charge on any atom is -0.504 e. The number of hydrogen-bond acceptors (Lipinski definition) is 6. The molecule has 0 aliphatic carbocycles. The number of aliphatic carboxylic acids is 2. The fourth-order valence-electron chi connectivity index (χ4n) is 2.25. The van der Waals surface area contributed by atoms with E-state index in [9.17, 15) is 19.5 Å². The summed E-state index contributed by atoms with van der Waals surface area (Å²) in [5, 5.41) is 32.4. The van der Waals surface area contributed by atoms with Gasteiger partial charge >= 0.3 is 11.9 Å². The molecule has 144 valence electrons. The smallest absolute Gasteiger partial charge is 0.325 e. The van der Waals surface area contributed by atoms with Crippen LogP contribution in [0.4, 0.5) is 0 Å². The lowest BCUT2D eigenvalue weighted by Crippen LogP contribution is -2.50. The van der Waals surface area contributed by atoms with E-state index >= 15 is 0 Å². The Balaban J connectivity index is 2.54. The summed E-state index contributed by atoms with van der Waals surface area (Å²) in [7, 11) is 1.45. The highest BCUT2D eigenvalue weighted by Gasteiger charge is 2.24. The average molecular weight is 368 g/mol. The van der Waals surface area contributed by atoms with E-state index in [-0.39, 0.29) is 5.75 Å². The van der Waals surface area contributed by atoms with Crippen LogP contribution in [0.5, 0.6) is 11.5 Å². The van der Waals surface area contributed by atoms with Crippen molar-refractivity contribution in [3.05, 3.63) is 23.8 Å². The second-order valence-corrected chi connectivity index (χ2v) is 5.78. The lowest BCUT2D eigenvalue weighted by molar-refractivity contribution is -0.142. The van der Waals surface area contributed by atoms with Crippen LogP contribution in [-0.2, 0) is 20.8 Å². The molecule has 26 heavy (non-hydrogen) atoms. The molecule has 0 fully saturated rings. The number of methoxy groups -OCH3 is 1. The van der Waals surface area contributed by atoms with Crippen molar-refractivity contribution in [1.29, 1.82) is 0 Å². The van der Waals surface area contributed by atoms with Gasteiger partial charge in [0.05, 0.1) is 19.6 Å². The third-order valence-corrected chi connectivity index (χ3v) is 3.70. The molecule has 5 N–H and O–H groups in total. The molecule has 9 heteroatoms. The van der Waals surface area contributed by atoms with E-state index in [0.29, 0.717) is 25.1 Å². The molecule has 0 saturated heterocycles. The molecule has 1 aromatic rings. The summed E-state index contributed by atoms with van der Waals surface area (Å²) in [6, 6.07) is 2.84. The predicted molar refractivity (Wildman–Crippen MR) is 92.3 cm³/mol. The first-order valence-corrected chi connectivity index (χ1v) is 8.08. The number of carboxylic acid groups (broad SMARTS) is 2. The molecule has 0 bridgehead atoms. The molecule has 0 saturated carbocycles. The molecule has 0 aromatic heterocycles. The van der Waals surface area contributed by atoms with Crippen LogP contribution in [0.15, 0.2) is 18.2 Å². The summed E-state index contributed by atoms with van der Waals surface area (Å²) >= 11 is 0. The van der Waals surface area contributed by atoms with Gasteiger partial charge in [0.2, 0.25) is 5.91 Å². The molecule has 9 nitrogen and oxygen atoms in total. The highest BCUT2D eigenvalue weighted by molar-refractivity contribution is 5.89. The van der Waals surface area contributed by atoms with Crippen LogP contribution in [0.3, 0.4) is 0 Å². The quantitative estimate of drug-likeness (QED) is 0.352. The molecule has 0 heterocycles. The highest BCUT2D eigenvalue weighted by atomic mass is 16.5. The average Bonchev–Trinajstić information content (AvgIpc) is 2.58. The van der Waals surface area contributed by atoms with Crippen LogP contribution in [0.1, 0.15) is 25.3 Å². The van der Waals surface area contributed by atoms with Gasteiger partial charge in [-0.15, -0.1) is 0 Å². The Morgan fingerprint density at radius 3 is 2.50 bits per heavy atom. The topological polar surface area (TPSA) is 145 Å². The number of amides is 1. The maximum absolute atomic E-state index is 12.0. The summed E-state index contributed by atoms with van der Waals surface area (Å²) in [5.74, 6) is -2.63. The van der Waals surface area contributed by atoms with Gasteiger partial charge < -0.3 is 30.7 Å². The highest BCUT2D eigenvalue weighted by Crippen LogP contribution is 2.26. The molecule has 2 atom stereocenters. The Hall–Kier alpha value is -2.81. The van der Waals surface area contributed by atoms with E-state index in [2.05, 4.69) is 10.6 Å².